The minimum Gasteiger partial charge on any atom is -0.497 e. The molecule has 90 valence electrons. The second-order valence-corrected chi connectivity index (χ2v) is 4.87. The van der Waals surface area contributed by atoms with Gasteiger partial charge in [0.15, 0.2) is 0 Å². The zero-order valence-electron chi connectivity index (χ0n) is 9.80. The van der Waals surface area contributed by atoms with E-state index in [0.29, 0.717) is 0 Å². The van der Waals surface area contributed by atoms with Gasteiger partial charge < -0.3 is 4.74 Å². The first-order valence-corrected chi connectivity index (χ1v) is 6.34. The van der Waals surface area contributed by atoms with Crippen LogP contribution in [0.2, 0.25) is 0 Å². The summed E-state index contributed by atoms with van der Waals surface area (Å²) < 4.78 is 8.25. The topological polar surface area (TPSA) is 26.5 Å². The minimum atomic E-state index is 0.848. The van der Waals surface area contributed by atoms with Crippen LogP contribution in [0.4, 0.5) is 0 Å². The number of ether oxygens (including phenoxy) is 1. The lowest BCUT2D eigenvalue weighted by Gasteiger charge is -2.03. The molecule has 0 unspecified atom stereocenters. The Labute approximate surface area is 113 Å². The van der Waals surface area contributed by atoms with Gasteiger partial charge in [-0.25, -0.2) is 4.98 Å². The molecule has 0 radical (unpaired) electrons. The number of methoxy groups -OCH3 is 1. The van der Waals surface area contributed by atoms with E-state index in [9.17, 15) is 0 Å². The highest BCUT2D eigenvalue weighted by atomic mass is 79.9. The van der Waals surface area contributed by atoms with Crippen LogP contribution in [0.15, 0.2) is 53.3 Å². The molecular weight excluding hydrogens is 292 g/mol. The molecule has 0 aliphatic heterocycles. The normalized spacial score (nSPS) is 10.8. The highest BCUT2D eigenvalue weighted by Crippen LogP contribution is 2.23. The fourth-order valence-electron chi connectivity index (χ4n) is 1.92. The molecule has 0 N–H and O–H groups in total. The van der Waals surface area contributed by atoms with E-state index >= 15 is 0 Å². The minimum absolute atomic E-state index is 0.848. The molecule has 0 spiro atoms. The molecule has 0 aliphatic rings. The van der Waals surface area contributed by atoms with E-state index < -0.39 is 0 Å². The van der Waals surface area contributed by atoms with E-state index in [1.54, 1.807) is 7.11 Å². The smallest absolute Gasteiger partial charge is 0.144 e. The van der Waals surface area contributed by atoms with Crippen molar-refractivity contribution in [3.05, 3.63) is 53.3 Å². The van der Waals surface area contributed by atoms with Crippen LogP contribution in [0.3, 0.4) is 0 Å². The second-order valence-electron chi connectivity index (χ2n) is 3.95. The number of benzene rings is 1. The standard InChI is InChI=1S/C14H11BrN2O/c1-18-13-6-2-10(3-7-13)14-16-8-12-5-4-11(15)9-17(12)14/h2-9H,1H3. The highest BCUT2D eigenvalue weighted by molar-refractivity contribution is 9.10. The van der Waals surface area contributed by atoms with Gasteiger partial charge in [-0.1, -0.05) is 0 Å². The van der Waals surface area contributed by atoms with Crippen LogP contribution in [0, 0.1) is 0 Å². The summed E-state index contributed by atoms with van der Waals surface area (Å²) in [7, 11) is 1.66. The van der Waals surface area contributed by atoms with Crippen LogP contribution < -0.4 is 4.74 Å². The van der Waals surface area contributed by atoms with Gasteiger partial charge in [0.2, 0.25) is 0 Å². The summed E-state index contributed by atoms with van der Waals surface area (Å²) in [4.78, 5) is 4.46. The predicted octanol–water partition coefficient (Wildman–Crippen LogP) is 3.77. The maximum Gasteiger partial charge on any atom is 0.144 e. The predicted molar refractivity (Wildman–Crippen MR) is 74.9 cm³/mol. The number of nitrogens with zero attached hydrogens (tertiary/aromatic N) is 2. The molecule has 1 aromatic carbocycles. The van der Waals surface area contributed by atoms with Crippen molar-refractivity contribution < 1.29 is 4.74 Å². The van der Waals surface area contributed by atoms with Crippen LogP contribution in [0.1, 0.15) is 0 Å². The molecule has 0 aliphatic carbocycles. The Kier molecular flexibility index (Phi) is 2.80. The van der Waals surface area contributed by atoms with Crippen molar-refractivity contribution in [1.29, 1.82) is 0 Å². The summed E-state index contributed by atoms with van der Waals surface area (Å²) in [6, 6.07) is 11.9. The first-order chi connectivity index (χ1) is 8.78. The van der Waals surface area contributed by atoms with Gasteiger partial charge in [-0.3, -0.25) is 4.40 Å². The van der Waals surface area contributed by atoms with Crippen molar-refractivity contribution in [2.45, 2.75) is 0 Å². The average Bonchev–Trinajstić information content (AvgIpc) is 2.82. The number of hydrogen-bond donors (Lipinski definition) is 0. The number of hydrogen-bond acceptors (Lipinski definition) is 2. The maximum absolute atomic E-state index is 5.16. The molecular formula is C14H11BrN2O. The lowest BCUT2D eigenvalue weighted by Crippen LogP contribution is -1.89. The SMILES string of the molecule is COc1ccc(-c2ncc3ccc(Br)cn23)cc1. The summed E-state index contributed by atoms with van der Waals surface area (Å²) >= 11 is 3.48. The zero-order valence-corrected chi connectivity index (χ0v) is 11.4. The van der Waals surface area contributed by atoms with Gasteiger partial charge in [0.25, 0.3) is 0 Å². The molecule has 2 aromatic heterocycles. The fourth-order valence-corrected chi connectivity index (χ4v) is 2.25. The van der Waals surface area contributed by atoms with E-state index in [4.69, 9.17) is 4.74 Å². The molecule has 0 saturated heterocycles. The molecule has 3 aromatic rings. The number of halogens is 1. The lowest BCUT2D eigenvalue weighted by molar-refractivity contribution is 0.415. The molecule has 0 fully saturated rings. The molecule has 0 amide bonds. The Hall–Kier alpha value is -1.81. The van der Waals surface area contributed by atoms with Gasteiger partial charge in [-0.05, 0) is 52.3 Å². The van der Waals surface area contributed by atoms with Crippen LogP contribution in [0.25, 0.3) is 16.9 Å². The van der Waals surface area contributed by atoms with E-state index in [-0.39, 0.29) is 0 Å². The highest BCUT2D eigenvalue weighted by Gasteiger charge is 2.06. The number of aromatic nitrogens is 2. The average molecular weight is 303 g/mol. The monoisotopic (exact) mass is 302 g/mol. The van der Waals surface area contributed by atoms with Gasteiger partial charge in [0.05, 0.1) is 18.8 Å². The number of fused-ring (bicyclic) bond motifs is 1. The Morgan fingerprint density at radius 1 is 1.11 bits per heavy atom. The molecule has 0 saturated carbocycles. The Morgan fingerprint density at radius 3 is 2.61 bits per heavy atom. The van der Waals surface area contributed by atoms with Crippen molar-refractivity contribution in [3.8, 4) is 17.1 Å². The second kappa shape index (κ2) is 4.46. The molecule has 18 heavy (non-hydrogen) atoms. The van der Waals surface area contributed by atoms with Crippen molar-refractivity contribution in [3.63, 3.8) is 0 Å². The third-order valence-electron chi connectivity index (χ3n) is 2.84. The molecule has 3 rings (SSSR count). The van der Waals surface area contributed by atoms with Crippen LogP contribution in [0.5, 0.6) is 5.75 Å². The van der Waals surface area contributed by atoms with E-state index in [1.165, 1.54) is 0 Å². The first kappa shape index (κ1) is 11.3. The quantitative estimate of drug-likeness (QED) is 0.720. The fraction of sp³-hybridized carbons (Fsp3) is 0.0714. The summed E-state index contributed by atoms with van der Waals surface area (Å²) in [5.41, 5.74) is 2.14. The van der Waals surface area contributed by atoms with Gasteiger partial charge >= 0.3 is 0 Å². The van der Waals surface area contributed by atoms with Crippen LogP contribution in [-0.4, -0.2) is 16.5 Å². The van der Waals surface area contributed by atoms with Crippen molar-refractivity contribution >= 4 is 21.4 Å². The number of imidazole rings is 1. The van der Waals surface area contributed by atoms with Crippen LogP contribution in [-0.2, 0) is 0 Å². The third-order valence-corrected chi connectivity index (χ3v) is 3.31. The summed E-state index contributed by atoms with van der Waals surface area (Å²) in [5.74, 6) is 1.77. The van der Waals surface area contributed by atoms with E-state index in [1.807, 2.05) is 48.8 Å². The molecule has 3 nitrogen and oxygen atoms in total. The van der Waals surface area contributed by atoms with Gasteiger partial charge in [0, 0.05) is 16.2 Å². The summed E-state index contributed by atoms with van der Waals surface area (Å²) in [6.45, 7) is 0. The number of pyridine rings is 1. The Balaban J connectivity index is 2.15. The summed E-state index contributed by atoms with van der Waals surface area (Å²) in [6.07, 6.45) is 3.88. The summed E-state index contributed by atoms with van der Waals surface area (Å²) in [5, 5.41) is 0. The maximum atomic E-state index is 5.16. The van der Waals surface area contributed by atoms with E-state index in [0.717, 1.165) is 27.1 Å². The van der Waals surface area contributed by atoms with Gasteiger partial charge in [-0.15, -0.1) is 0 Å². The molecule has 2 heterocycles. The van der Waals surface area contributed by atoms with Crippen molar-refractivity contribution in [2.75, 3.05) is 7.11 Å². The lowest BCUT2D eigenvalue weighted by atomic mass is 10.2. The van der Waals surface area contributed by atoms with E-state index in [2.05, 4.69) is 25.3 Å². The Morgan fingerprint density at radius 2 is 1.89 bits per heavy atom. The number of rotatable bonds is 2. The largest absolute Gasteiger partial charge is 0.497 e. The molecule has 4 heteroatoms. The first-order valence-electron chi connectivity index (χ1n) is 5.55. The Bertz CT molecular complexity index is 689. The molecule has 0 atom stereocenters. The van der Waals surface area contributed by atoms with Crippen molar-refractivity contribution in [2.24, 2.45) is 0 Å². The molecule has 0 bridgehead atoms. The van der Waals surface area contributed by atoms with Gasteiger partial charge in [-0.2, -0.15) is 0 Å². The van der Waals surface area contributed by atoms with Crippen LogP contribution >= 0.6 is 15.9 Å². The zero-order chi connectivity index (χ0) is 12.5. The van der Waals surface area contributed by atoms with Crippen molar-refractivity contribution in [1.82, 2.24) is 9.38 Å². The van der Waals surface area contributed by atoms with Gasteiger partial charge in [0.1, 0.15) is 11.6 Å². The third kappa shape index (κ3) is 1.88.